The Balaban J connectivity index is 2.33. The van der Waals surface area contributed by atoms with E-state index in [0.717, 1.165) is 5.56 Å². The van der Waals surface area contributed by atoms with Crippen LogP contribution in [0.5, 0.6) is 0 Å². The predicted molar refractivity (Wildman–Crippen MR) is 70.7 cm³/mol. The molecule has 0 bridgehead atoms. The van der Waals surface area contributed by atoms with Crippen molar-refractivity contribution in [1.82, 2.24) is 4.31 Å². The average Bonchev–Trinajstić information content (AvgIpc) is 2.82. The molecule has 1 aliphatic heterocycles. The van der Waals surface area contributed by atoms with E-state index in [2.05, 4.69) is 0 Å². The van der Waals surface area contributed by atoms with E-state index < -0.39 is 21.9 Å². The Hall–Kier alpha value is -1.11. The lowest BCUT2D eigenvalue weighted by Crippen LogP contribution is -2.30. The van der Waals surface area contributed by atoms with Crippen LogP contribution in [0.25, 0.3) is 0 Å². The topological polar surface area (TPSA) is 74.7 Å². The number of carboxylic acid groups (broad SMARTS) is 1. The molecule has 104 valence electrons. The SMILES string of the molecule is Cc1ccc(Cl)c(S(=O)(=O)N2CCC(C(=O)O)C2)c1. The van der Waals surface area contributed by atoms with Gasteiger partial charge in [0.2, 0.25) is 10.0 Å². The molecule has 1 saturated heterocycles. The lowest BCUT2D eigenvalue weighted by molar-refractivity contribution is -0.141. The quantitative estimate of drug-likeness (QED) is 0.923. The third kappa shape index (κ3) is 2.75. The zero-order valence-corrected chi connectivity index (χ0v) is 11.9. The summed E-state index contributed by atoms with van der Waals surface area (Å²) in [5.74, 6) is -1.61. The van der Waals surface area contributed by atoms with E-state index in [9.17, 15) is 13.2 Å². The Morgan fingerprint density at radius 2 is 2.16 bits per heavy atom. The summed E-state index contributed by atoms with van der Waals surface area (Å²) >= 11 is 5.94. The van der Waals surface area contributed by atoms with Gasteiger partial charge in [-0.15, -0.1) is 0 Å². The van der Waals surface area contributed by atoms with Gasteiger partial charge in [0.25, 0.3) is 0 Å². The highest BCUT2D eigenvalue weighted by Gasteiger charge is 2.36. The number of halogens is 1. The highest BCUT2D eigenvalue weighted by molar-refractivity contribution is 7.89. The van der Waals surface area contributed by atoms with Crippen LogP contribution in [0.3, 0.4) is 0 Å². The van der Waals surface area contributed by atoms with E-state index in [-0.39, 0.29) is 23.0 Å². The fourth-order valence-corrected chi connectivity index (χ4v) is 4.15. The number of carboxylic acids is 1. The molecule has 0 aromatic heterocycles. The molecule has 0 amide bonds. The minimum absolute atomic E-state index is 0.00192. The summed E-state index contributed by atoms with van der Waals surface area (Å²) in [5.41, 5.74) is 0.789. The number of hydrogen-bond donors (Lipinski definition) is 1. The highest BCUT2D eigenvalue weighted by atomic mass is 35.5. The molecule has 5 nitrogen and oxygen atoms in total. The van der Waals surface area contributed by atoms with Gasteiger partial charge in [0, 0.05) is 13.1 Å². The molecule has 1 aromatic carbocycles. The van der Waals surface area contributed by atoms with Crippen molar-refractivity contribution in [2.24, 2.45) is 5.92 Å². The van der Waals surface area contributed by atoms with E-state index in [1.54, 1.807) is 13.0 Å². The number of hydrogen-bond acceptors (Lipinski definition) is 3. The number of sulfonamides is 1. The number of aliphatic carboxylic acids is 1. The van der Waals surface area contributed by atoms with Crippen LogP contribution in [0.15, 0.2) is 23.1 Å². The van der Waals surface area contributed by atoms with E-state index >= 15 is 0 Å². The van der Waals surface area contributed by atoms with Crippen LogP contribution in [-0.4, -0.2) is 36.9 Å². The molecule has 1 aromatic rings. The maximum absolute atomic E-state index is 12.4. The third-order valence-electron chi connectivity index (χ3n) is 3.20. The van der Waals surface area contributed by atoms with Crippen LogP contribution in [0.4, 0.5) is 0 Å². The minimum atomic E-state index is -3.72. The Labute approximate surface area is 116 Å². The first-order valence-electron chi connectivity index (χ1n) is 5.81. The first kappa shape index (κ1) is 14.3. The Morgan fingerprint density at radius 3 is 2.74 bits per heavy atom. The van der Waals surface area contributed by atoms with E-state index in [4.69, 9.17) is 16.7 Å². The van der Waals surface area contributed by atoms with Gasteiger partial charge in [-0.3, -0.25) is 4.79 Å². The van der Waals surface area contributed by atoms with Gasteiger partial charge >= 0.3 is 5.97 Å². The molecule has 1 heterocycles. The molecule has 1 fully saturated rings. The van der Waals surface area contributed by atoms with Crippen molar-refractivity contribution in [3.05, 3.63) is 28.8 Å². The van der Waals surface area contributed by atoms with Crippen molar-refractivity contribution in [3.8, 4) is 0 Å². The molecule has 19 heavy (non-hydrogen) atoms. The molecular formula is C12H14ClNO4S. The fraction of sp³-hybridized carbons (Fsp3) is 0.417. The minimum Gasteiger partial charge on any atom is -0.481 e. The molecule has 0 aliphatic carbocycles. The number of aryl methyl sites for hydroxylation is 1. The van der Waals surface area contributed by atoms with E-state index in [1.165, 1.54) is 16.4 Å². The van der Waals surface area contributed by atoms with Gasteiger partial charge < -0.3 is 5.11 Å². The lowest BCUT2D eigenvalue weighted by Gasteiger charge is -2.17. The molecule has 0 radical (unpaired) electrons. The van der Waals surface area contributed by atoms with E-state index in [1.807, 2.05) is 0 Å². The molecular weight excluding hydrogens is 290 g/mol. The van der Waals surface area contributed by atoms with Crippen molar-refractivity contribution in [2.45, 2.75) is 18.2 Å². The molecule has 1 aliphatic rings. The summed E-state index contributed by atoms with van der Waals surface area (Å²) in [5, 5.41) is 9.08. The normalized spacial score (nSPS) is 20.6. The average molecular weight is 304 g/mol. The van der Waals surface area contributed by atoms with Gasteiger partial charge in [0.1, 0.15) is 4.90 Å². The zero-order valence-electron chi connectivity index (χ0n) is 10.3. The molecule has 1 atom stereocenters. The van der Waals surface area contributed by atoms with Crippen molar-refractivity contribution in [3.63, 3.8) is 0 Å². The maximum Gasteiger partial charge on any atom is 0.307 e. The second kappa shape index (κ2) is 5.11. The van der Waals surface area contributed by atoms with Gasteiger partial charge in [-0.05, 0) is 31.0 Å². The number of rotatable bonds is 3. The maximum atomic E-state index is 12.4. The van der Waals surface area contributed by atoms with Crippen LogP contribution in [0.2, 0.25) is 5.02 Å². The molecule has 1 unspecified atom stereocenters. The van der Waals surface area contributed by atoms with Gasteiger partial charge in [-0.25, -0.2) is 8.42 Å². The molecule has 2 rings (SSSR count). The Morgan fingerprint density at radius 1 is 1.47 bits per heavy atom. The summed E-state index contributed by atoms with van der Waals surface area (Å²) in [4.78, 5) is 10.9. The largest absolute Gasteiger partial charge is 0.481 e. The monoisotopic (exact) mass is 303 g/mol. The lowest BCUT2D eigenvalue weighted by atomic mass is 10.1. The molecule has 0 spiro atoms. The molecule has 7 heteroatoms. The van der Waals surface area contributed by atoms with Crippen LogP contribution < -0.4 is 0 Å². The number of benzene rings is 1. The smallest absolute Gasteiger partial charge is 0.307 e. The second-order valence-electron chi connectivity index (χ2n) is 4.62. The van der Waals surface area contributed by atoms with Gasteiger partial charge in [-0.2, -0.15) is 4.31 Å². The van der Waals surface area contributed by atoms with Crippen molar-refractivity contribution < 1.29 is 18.3 Å². The summed E-state index contributed by atoms with van der Waals surface area (Å²) in [6, 6.07) is 4.77. The van der Waals surface area contributed by atoms with Crippen LogP contribution in [0, 0.1) is 12.8 Å². The summed E-state index contributed by atoms with van der Waals surface area (Å²) in [6.45, 7) is 1.99. The summed E-state index contributed by atoms with van der Waals surface area (Å²) in [7, 11) is -3.72. The van der Waals surface area contributed by atoms with Gasteiger partial charge in [0.15, 0.2) is 0 Å². The first-order valence-corrected chi connectivity index (χ1v) is 7.63. The number of carbonyl (C=O) groups is 1. The summed E-state index contributed by atoms with van der Waals surface area (Å²) < 4.78 is 26.0. The first-order chi connectivity index (χ1) is 8.82. The summed E-state index contributed by atoms with van der Waals surface area (Å²) in [6.07, 6.45) is 0.331. The second-order valence-corrected chi connectivity index (χ2v) is 6.93. The third-order valence-corrected chi connectivity index (χ3v) is 5.55. The van der Waals surface area contributed by atoms with Crippen molar-refractivity contribution in [1.29, 1.82) is 0 Å². The highest BCUT2D eigenvalue weighted by Crippen LogP contribution is 2.29. The zero-order chi connectivity index (χ0) is 14.2. The van der Waals surface area contributed by atoms with Crippen LogP contribution >= 0.6 is 11.6 Å². The standard InChI is InChI=1S/C12H14ClNO4S/c1-8-2-3-10(13)11(6-8)19(17,18)14-5-4-9(7-14)12(15)16/h2-3,6,9H,4-5,7H2,1H3,(H,15,16). The Bertz CT molecular complexity index is 614. The Kier molecular flexibility index (Phi) is 3.85. The van der Waals surface area contributed by atoms with Gasteiger partial charge in [-0.1, -0.05) is 17.7 Å². The molecule has 1 N–H and O–H groups in total. The number of nitrogens with zero attached hydrogens (tertiary/aromatic N) is 1. The fourth-order valence-electron chi connectivity index (χ4n) is 2.10. The molecule has 0 saturated carbocycles. The van der Waals surface area contributed by atoms with Crippen molar-refractivity contribution in [2.75, 3.05) is 13.1 Å². The van der Waals surface area contributed by atoms with Crippen LogP contribution in [-0.2, 0) is 14.8 Å². The van der Waals surface area contributed by atoms with Crippen molar-refractivity contribution >= 4 is 27.6 Å². The van der Waals surface area contributed by atoms with Crippen LogP contribution in [0.1, 0.15) is 12.0 Å². The predicted octanol–water partition coefficient (Wildman–Crippen LogP) is 1.74. The van der Waals surface area contributed by atoms with E-state index in [0.29, 0.717) is 6.42 Å². The van der Waals surface area contributed by atoms with Gasteiger partial charge in [0.05, 0.1) is 10.9 Å².